The van der Waals surface area contributed by atoms with Crippen molar-refractivity contribution in [2.24, 2.45) is 0 Å². The first-order chi connectivity index (χ1) is 8.74. The van der Waals surface area contributed by atoms with Crippen LogP contribution in [0, 0.1) is 10.1 Å². The lowest BCUT2D eigenvalue weighted by Crippen LogP contribution is -2.14. The second kappa shape index (κ2) is 4.46. The summed E-state index contributed by atoms with van der Waals surface area (Å²) in [5, 5.41) is 17.9. The Kier molecular flexibility index (Phi) is 2.80. The molecule has 18 heavy (non-hydrogen) atoms. The maximum absolute atomic E-state index is 10.6. The molecule has 0 saturated carbocycles. The molecule has 7 nitrogen and oxygen atoms in total. The van der Waals surface area contributed by atoms with Gasteiger partial charge < -0.3 is 9.84 Å². The molecule has 1 fully saturated rings. The fourth-order valence-corrected chi connectivity index (χ4v) is 2.66. The molecule has 0 aliphatic carbocycles. The van der Waals surface area contributed by atoms with Crippen LogP contribution in [0.5, 0.6) is 0 Å². The molecule has 1 unspecified atom stereocenters. The van der Waals surface area contributed by atoms with Gasteiger partial charge in [0, 0.05) is 6.07 Å². The van der Waals surface area contributed by atoms with Crippen LogP contribution in [0.15, 0.2) is 16.7 Å². The number of nitro groups is 1. The van der Waals surface area contributed by atoms with Gasteiger partial charge in [-0.3, -0.25) is 10.1 Å². The molecule has 0 amide bonds. The minimum absolute atomic E-state index is 0.0729. The van der Waals surface area contributed by atoms with Gasteiger partial charge in [-0.25, -0.2) is 0 Å². The van der Waals surface area contributed by atoms with Gasteiger partial charge in [0.25, 0.3) is 5.89 Å². The third kappa shape index (κ3) is 2.00. The number of thiophene rings is 1. The third-order valence-corrected chi connectivity index (χ3v) is 3.82. The predicted octanol–water partition coefficient (Wildman–Crippen LogP) is 2.13. The van der Waals surface area contributed by atoms with E-state index in [1.165, 1.54) is 6.07 Å². The first-order valence-electron chi connectivity index (χ1n) is 5.55. The number of rotatable bonds is 3. The van der Waals surface area contributed by atoms with E-state index in [0.717, 1.165) is 30.7 Å². The number of aromatic nitrogens is 2. The monoisotopic (exact) mass is 266 g/mol. The number of nitrogens with one attached hydrogen (secondary N) is 1. The van der Waals surface area contributed by atoms with Crippen molar-refractivity contribution in [1.82, 2.24) is 15.5 Å². The Morgan fingerprint density at radius 2 is 2.44 bits per heavy atom. The van der Waals surface area contributed by atoms with Crippen molar-refractivity contribution >= 4 is 16.3 Å². The van der Waals surface area contributed by atoms with Crippen molar-refractivity contribution in [2.45, 2.75) is 18.9 Å². The van der Waals surface area contributed by atoms with Crippen LogP contribution >= 0.6 is 11.3 Å². The topological polar surface area (TPSA) is 94.1 Å². The molecule has 1 N–H and O–H groups in total. The molecule has 1 saturated heterocycles. The molecule has 1 aliphatic heterocycles. The van der Waals surface area contributed by atoms with E-state index in [9.17, 15) is 10.1 Å². The summed E-state index contributed by atoms with van der Waals surface area (Å²) in [4.78, 5) is 15.1. The molecule has 0 radical (unpaired) electrons. The van der Waals surface area contributed by atoms with Crippen molar-refractivity contribution in [3.8, 4) is 10.8 Å². The summed E-state index contributed by atoms with van der Waals surface area (Å²) < 4.78 is 5.14. The minimum Gasteiger partial charge on any atom is -0.333 e. The van der Waals surface area contributed by atoms with E-state index in [1.54, 1.807) is 6.07 Å². The van der Waals surface area contributed by atoms with Gasteiger partial charge in [0.1, 0.15) is 0 Å². The Morgan fingerprint density at radius 3 is 3.11 bits per heavy atom. The summed E-state index contributed by atoms with van der Waals surface area (Å²) in [7, 11) is 0. The minimum atomic E-state index is -0.427. The summed E-state index contributed by atoms with van der Waals surface area (Å²) in [6.45, 7) is 0.957. The maximum Gasteiger partial charge on any atom is 0.324 e. The summed E-state index contributed by atoms with van der Waals surface area (Å²) in [5.74, 6) is 0.968. The SMILES string of the molecule is O=[N+]([O-])c1ccc(-c2nc(C3CCCN3)no2)s1. The van der Waals surface area contributed by atoms with Crippen LogP contribution in [0.25, 0.3) is 10.8 Å². The van der Waals surface area contributed by atoms with Crippen molar-refractivity contribution in [2.75, 3.05) is 6.54 Å². The molecule has 0 spiro atoms. The van der Waals surface area contributed by atoms with Gasteiger partial charge in [0.15, 0.2) is 5.82 Å². The van der Waals surface area contributed by atoms with Gasteiger partial charge in [-0.1, -0.05) is 16.5 Å². The Hall–Kier alpha value is -1.80. The van der Waals surface area contributed by atoms with E-state index in [1.807, 2.05) is 0 Å². The largest absolute Gasteiger partial charge is 0.333 e. The van der Waals surface area contributed by atoms with Gasteiger partial charge in [0.05, 0.1) is 15.8 Å². The van der Waals surface area contributed by atoms with Crippen LogP contribution in [0.3, 0.4) is 0 Å². The highest BCUT2D eigenvalue weighted by Gasteiger charge is 2.23. The van der Waals surface area contributed by atoms with E-state index >= 15 is 0 Å². The average molecular weight is 266 g/mol. The highest BCUT2D eigenvalue weighted by Crippen LogP contribution is 2.32. The molecular formula is C10H10N4O3S. The normalized spacial score (nSPS) is 19.2. The van der Waals surface area contributed by atoms with Gasteiger partial charge in [0.2, 0.25) is 0 Å². The zero-order chi connectivity index (χ0) is 12.5. The predicted molar refractivity (Wildman–Crippen MR) is 64.2 cm³/mol. The van der Waals surface area contributed by atoms with Crippen molar-refractivity contribution in [1.29, 1.82) is 0 Å². The van der Waals surface area contributed by atoms with E-state index in [0.29, 0.717) is 16.6 Å². The average Bonchev–Trinajstić information content (AvgIpc) is 3.10. The second-order valence-electron chi connectivity index (χ2n) is 4.00. The third-order valence-electron chi connectivity index (χ3n) is 2.80. The zero-order valence-corrected chi connectivity index (χ0v) is 10.1. The first kappa shape index (κ1) is 11.3. The molecule has 94 valence electrons. The van der Waals surface area contributed by atoms with Crippen LogP contribution in [-0.4, -0.2) is 21.6 Å². The summed E-state index contributed by atoms with van der Waals surface area (Å²) in [5.41, 5.74) is 0. The second-order valence-corrected chi connectivity index (χ2v) is 5.06. The van der Waals surface area contributed by atoms with Crippen molar-refractivity contribution < 1.29 is 9.45 Å². The van der Waals surface area contributed by atoms with Gasteiger partial charge >= 0.3 is 5.00 Å². The van der Waals surface area contributed by atoms with Crippen LogP contribution in [0.2, 0.25) is 0 Å². The highest BCUT2D eigenvalue weighted by atomic mass is 32.1. The Bertz CT molecular complexity index is 573. The van der Waals surface area contributed by atoms with Gasteiger partial charge in [-0.2, -0.15) is 4.98 Å². The molecule has 3 heterocycles. The highest BCUT2D eigenvalue weighted by molar-refractivity contribution is 7.18. The van der Waals surface area contributed by atoms with Crippen LogP contribution in [0.4, 0.5) is 5.00 Å². The molecule has 0 bridgehead atoms. The first-order valence-corrected chi connectivity index (χ1v) is 6.37. The van der Waals surface area contributed by atoms with E-state index in [4.69, 9.17) is 4.52 Å². The fourth-order valence-electron chi connectivity index (χ4n) is 1.92. The molecule has 3 rings (SSSR count). The Labute approximate surface area is 106 Å². The van der Waals surface area contributed by atoms with Gasteiger partial charge in [-0.15, -0.1) is 0 Å². The van der Waals surface area contributed by atoms with Crippen LogP contribution in [-0.2, 0) is 0 Å². The number of nitrogens with zero attached hydrogens (tertiary/aromatic N) is 3. The summed E-state index contributed by atoms with van der Waals surface area (Å²) in [6.07, 6.45) is 2.09. The summed E-state index contributed by atoms with van der Waals surface area (Å²) >= 11 is 1.03. The molecule has 2 aromatic heterocycles. The van der Waals surface area contributed by atoms with E-state index < -0.39 is 4.92 Å². The molecular weight excluding hydrogens is 256 g/mol. The zero-order valence-electron chi connectivity index (χ0n) is 9.33. The van der Waals surface area contributed by atoms with Crippen LogP contribution < -0.4 is 5.32 Å². The molecule has 8 heteroatoms. The summed E-state index contributed by atoms with van der Waals surface area (Å²) in [6, 6.07) is 3.21. The van der Waals surface area contributed by atoms with Crippen molar-refractivity contribution in [3.05, 3.63) is 28.1 Å². The van der Waals surface area contributed by atoms with E-state index in [-0.39, 0.29) is 11.0 Å². The van der Waals surface area contributed by atoms with Gasteiger partial charge in [-0.05, 0) is 25.5 Å². The quantitative estimate of drug-likeness (QED) is 0.675. The van der Waals surface area contributed by atoms with E-state index in [2.05, 4.69) is 15.5 Å². The van der Waals surface area contributed by atoms with Crippen molar-refractivity contribution in [3.63, 3.8) is 0 Å². The lowest BCUT2D eigenvalue weighted by atomic mass is 10.2. The molecule has 2 aromatic rings. The fraction of sp³-hybridized carbons (Fsp3) is 0.400. The lowest BCUT2D eigenvalue weighted by Gasteiger charge is -2.01. The number of hydrogen-bond acceptors (Lipinski definition) is 7. The smallest absolute Gasteiger partial charge is 0.324 e. The standard InChI is InChI=1S/C10H10N4O3S/c15-14(16)8-4-3-7(18-8)10-12-9(13-17-10)6-2-1-5-11-6/h3-4,6,11H,1-2,5H2. The van der Waals surface area contributed by atoms with Crippen LogP contribution in [0.1, 0.15) is 24.7 Å². The lowest BCUT2D eigenvalue weighted by molar-refractivity contribution is -0.380. The molecule has 0 aromatic carbocycles. The molecule has 1 atom stereocenters. The Morgan fingerprint density at radius 1 is 1.56 bits per heavy atom. The molecule has 1 aliphatic rings. The number of hydrogen-bond donors (Lipinski definition) is 1. The maximum atomic E-state index is 10.6. The Balaban J connectivity index is 1.85.